The van der Waals surface area contributed by atoms with Crippen molar-refractivity contribution in [1.29, 1.82) is 0 Å². The van der Waals surface area contributed by atoms with Crippen LogP contribution in [-0.4, -0.2) is 24.0 Å². The molecule has 0 atom stereocenters. The molecule has 0 saturated carbocycles. The molecule has 2 aromatic carbocycles. The van der Waals surface area contributed by atoms with E-state index in [1.807, 2.05) is 61.5 Å². The molecule has 25 heavy (non-hydrogen) atoms. The number of rotatable bonds is 6. The van der Waals surface area contributed by atoms with Gasteiger partial charge in [-0.1, -0.05) is 43.3 Å². The fourth-order valence-corrected chi connectivity index (χ4v) is 2.93. The SMILES string of the molecule is CCc1nc2ccccc2c(C(=O)NCCOc2ccccc2)c1C. The topological polar surface area (TPSA) is 51.2 Å². The number of ether oxygens (including phenoxy) is 1. The van der Waals surface area contributed by atoms with Gasteiger partial charge in [-0.05, 0) is 37.1 Å². The summed E-state index contributed by atoms with van der Waals surface area (Å²) in [5, 5.41) is 3.85. The highest BCUT2D eigenvalue weighted by molar-refractivity contribution is 6.07. The number of nitrogens with one attached hydrogen (secondary N) is 1. The molecular weight excluding hydrogens is 312 g/mol. The number of benzene rings is 2. The molecule has 1 amide bonds. The Morgan fingerprint density at radius 3 is 2.56 bits per heavy atom. The zero-order chi connectivity index (χ0) is 17.6. The molecule has 0 fully saturated rings. The Hall–Kier alpha value is -2.88. The molecule has 3 aromatic rings. The standard InChI is InChI=1S/C21H22N2O2/c1-3-18-15(2)20(17-11-7-8-12-19(17)23-18)21(24)22-13-14-25-16-9-5-4-6-10-16/h4-12H,3,13-14H2,1-2H3,(H,22,24). The van der Waals surface area contributed by atoms with E-state index in [0.29, 0.717) is 18.7 Å². The zero-order valence-electron chi connectivity index (χ0n) is 14.6. The van der Waals surface area contributed by atoms with Crippen molar-refractivity contribution in [2.75, 3.05) is 13.2 Å². The number of fused-ring (bicyclic) bond motifs is 1. The van der Waals surface area contributed by atoms with Gasteiger partial charge < -0.3 is 10.1 Å². The minimum atomic E-state index is -0.0811. The summed E-state index contributed by atoms with van der Waals surface area (Å²) < 4.78 is 5.63. The fraction of sp³-hybridized carbons (Fsp3) is 0.238. The molecule has 0 spiro atoms. The van der Waals surface area contributed by atoms with Crippen molar-refractivity contribution >= 4 is 16.8 Å². The molecule has 128 valence electrons. The van der Waals surface area contributed by atoms with Crippen LogP contribution in [0.15, 0.2) is 54.6 Å². The van der Waals surface area contributed by atoms with Crippen LogP contribution in [0.4, 0.5) is 0 Å². The fourth-order valence-electron chi connectivity index (χ4n) is 2.93. The number of carbonyl (C=O) groups excluding carboxylic acids is 1. The largest absolute Gasteiger partial charge is 0.492 e. The lowest BCUT2D eigenvalue weighted by Gasteiger charge is -2.14. The summed E-state index contributed by atoms with van der Waals surface area (Å²) in [5.41, 5.74) is 3.48. The molecule has 0 aliphatic rings. The van der Waals surface area contributed by atoms with E-state index in [2.05, 4.69) is 17.2 Å². The number of pyridine rings is 1. The average Bonchev–Trinajstić information content (AvgIpc) is 2.65. The van der Waals surface area contributed by atoms with Crippen LogP contribution < -0.4 is 10.1 Å². The first-order chi connectivity index (χ1) is 12.2. The van der Waals surface area contributed by atoms with E-state index >= 15 is 0 Å². The van der Waals surface area contributed by atoms with Gasteiger partial charge in [0.15, 0.2) is 0 Å². The number of nitrogens with zero attached hydrogens (tertiary/aromatic N) is 1. The lowest BCUT2D eigenvalue weighted by atomic mass is 9.99. The summed E-state index contributed by atoms with van der Waals surface area (Å²) in [5.74, 6) is 0.720. The highest BCUT2D eigenvalue weighted by atomic mass is 16.5. The molecule has 1 aromatic heterocycles. The first-order valence-electron chi connectivity index (χ1n) is 8.55. The van der Waals surface area contributed by atoms with Crippen molar-refractivity contribution < 1.29 is 9.53 Å². The second kappa shape index (κ2) is 7.79. The van der Waals surface area contributed by atoms with Crippen LogP contribution in [0.5, 0.6) is 5.75 Å². The van der Waals surface area contributed by atoms with Crippen LogP contribution in [0, 0.1) is 6.92 Å². The quantitative estimate of drug-likeness (QED) is 0.695. The smallest absolute Gasteiger partial charge is 0.252 e. The normalized spacial score (nSPS) is 10.6. The van der Waals surface area contributed by atoms with Crippen molar-refractivity contribution in [1.82, 2.24) is 10.3 Å². The Balaban J connectivity index is 1.74. The molecule has 0 saturated heterocycles. The molecule has 4 heteroatoms. The van der Waals surface area contributed by atoms with E-state index in [1.165, 1.54) is 0 Å². The summed E-state index contributed by atoms with van der Waals surface area (Å²) >= 11 is 0. The van der Waals surface area contributed by atoms with Gasteiger partial charge in [-0.3, -0.25) is 9.78 Å². The molecular formula is C21H22N2O2. The summed E-state index contributed by atoms with van der Waals surface area (Å²) in [6.07, 6.45) is 0.800. The molecule has 0 aliphatic heterocycles. The second-order valence-electron chi connectivity index (χ2n) is 5.85. The first-order valence-corrected chi connectivity index (χ1v) is 8.55. The summed E-state index contributed by atoms with van der Waals surface area (Å²) in [6.45, 7) is 4.90. The Morgan fingerprint density at radius 1 is 1.08 bits per heavy atom. The molecule has 0 radical (unpaired) electrons. The van der Waals surface area contributed by atoms with E-state index in [0.717, 1.165) is 34.3 Å². The Kier molecular flexibility index (Phi) is 5.29. The molecule has 4 nitrogen and oxygen atoms in total. The lowest BCUT2D eigenvalue weighted by Crippen LogP contribution is -2.29. The van der Waals surface area contributed by atoms with Gasteiger partial charge in [-0.25, -0.2) is 0 Å². The van der Waals surface area contributed by atoms with Gasteiger partial charge in [0.1, 0.15) is 12.4 Å². The number of amides is 1. The van der Waals surface area contributed by atoms with Crippen LogP contribution >= 0.6 is 0 Å². The number of para-hydroxylation sites is 2. The lowest BCUT2D eigenvalue weighted by molar-refractivity contribution is 0.0948. The third kappa shape index (κ3) is 3.79. The van der Waals surface area contributed by atoms with Crippen molar-refractivity contribution in [3.8, 4) is 5.75 Å². The predicted octanol–water partition coefficient (Wildman–Crippen LogP) is 3.91. The zero-order valence-corrected chi connectivity index (χ0v) is 14.6. The van der Waals surface area contributed by atoms with Crippen molar-refractivity contribution in [3.05, 3.63) is 71.4 Å². The van der Waals surface area contributed by atoms with E-state index in [1.54, 1.807) is 0 Å². The number of aromatic nitrogens is 1. The van der Waals surface area contributed by atoms with Crippen molar-refractivity contribution in [2.24, 2.45) is 0 Å². The highest BCUT2D eigenvalue weighted by Crippen LogP contribution is 2.23. The van der Waals surface area contributed by atoms with Gasteiger partial charge in [-0.2, -0.15) is 0 Å². The first kappa shape index (κ1) is 17.0. The van der Waals surface area contributed by atoms with Crippen molar-refractivity contribution in [2.45, 2.75) is 20.3 Å². The van der Waals surface area contributed by atoms with E-state index in [-0.39, 0.29) is 5.91 Å². The number of hydrogen-bond donors (Lipinski definition) is 1. The number of aryl methyl sites for hydroxylation is 1. The maximum Gasteiger partial charge on any atom is 0.252 e. The molecule has 0 bridgehead atoms. The predicted molar refractivity (Wildman–Crippen MR) is 100 cm³/mol. The minimum Gasteiger partial charge on any atom is -0.492 e. The Labute approximate surface area is 147 Å². The third-order valence-electron chi connectivity index (χ3n) is 4.20. The monoisotopic (exact) mass is 334 g/mol. The van der Waals surface area contributed by atoms with Gasteiger partial charge in [0.05, 0.1) is 17.6 Å². The molecule has 1 N–H and O–H groups in total. The van der Waals surface area contributed by atoms with E-state index in [4.69, 9.17) is 4.74 Å². The molecule has 0 unspecified atom stereocenters. The number of carbonyl (C=O) groups is 1. The summed E-state index contributed by atoms with van der Waals surface area (Å²) in [6, 6.07) is 17.4. The highest BCUT2D eigenvalue weighted by Gasteiger charge is 2.16. The minimum absolute atomic E-state index is 0.0811. The van der Waals surface area contributed by atoms with E-state index < -0.39 is 0 Å². The van der Waals surface area contributed by atoms with Gasteiger partial charge in [-0.15, -0.1) is 0 Å². The van der Waals surface area contributed by atoms with Gasteiger partial charge >= 0.3 is 0 Å². The Morgan fingerprint density at radius 2 is 1.80 bits per heavy atom. The summed E-state index contributed by atoms with van der Waals surface area (Å²) in [7, 11) is 0. The second-order valence-corrected chi connectivity index (χ2v) is 5.85. The summed E-state index contributed by atoms with van der Waals surface area (Å²) in [4.78, 5) is 17.4. The van der Waals surface area contributed by atoms with Crippen LogP contribution in [-0.2, 0) is 6.42 Å². The molecule has 0 aliphatic carbocycles. The van der Waals surface area contributed by atoms with Crippen LogP contribution in [0.1, 0.15) is 28.5 Å². The van der Waals surface area contributed by atoms with Crippen LogP contribution in [0.25, 0.3) is 10.9 Å². The average molecular weight is 334 g/mol. The Bertz CT molecular complexity index is 876. The van der Waals surface area contributed by atoms with Crippen LogP contribution in [0.3, 0.4) is 0 Å². The maximum atomic E-state index is 12.8. The third-order valence-corrected chi connectivity index (χ3v) is 4.20. The van der Waals surface area contributed by atoms with Gasteiger partial charge in [0, 0.05) is 11.1 Å². The van der Waals surface area contributed by atoms with Crippen LogP contribution in [0.2, 0.25) is 0 Å². The maximum absolute atomic E-state index is 12.8. The van der Waals surface area contributed by atoms with E-state index in [9.17, 15) is 4.79 Å². The molecule has 3 rings (SSSR count). The van der Waals surface area contributed by atoms with Crippen molar-refractivity contribution in [3.63, 3.8) is 0 Å². The van der Waals surface area contributed by atoms with Gasteiger partial charge in [0.2, 0.25) is 0 Å². The van der Waals surface area contributed by atoms with Gasteiger partial charge in [0.25, 0.3) is 5.91 Å². The molecule has 1 heterocycles. The number of hydrogen-bond acceptors (Lipinski definition) is 3.